The first-order valence-electron chi connectivity index (χ1n) is 6.92. The molecule has 0 bridgehead atoms. The maximum absolute atomic E-state index is 13.6. The van der Waals surface area contributed by atoms with Crippen molar-refractivity contribution in [2.24, 2.45) is 5.73 Å². The highest BCUT2D eigenvalue weighted by atomic mass is 32.1. The fourth-order valence-electron chi connectivity index (χ4n) is 2.40. The summed E-state index contributed by atoms with van der Waals surface area (Å²) in [5.41, 5.74) is 7.34. The van der Waals surface area contributed by atoms with Crippen LogP contribution in [-0.2, 0) is 0 Å². The van der Waals surface area contributed by atoms with E-state index >= 15 is 0 Å². The van der Waals surface area contributed by atoms with Gasteiger partial charge in [0.1, 0.15) is 5.82 Å². The second-order valence-electron chi connectivity index (χ2n) is 5.19. The maximum atomic E-state index is 13.6. The SMILES string of the molecule is CN/C(S)=C\C(=C/N)c1nc2cc(F)c(F)cc2n1C1CC1. The Labute approximate surface area is 132 Å². The first-order chi connectivity index (χ1) is 10.5. The van der Waals surface area contributed by atoms with E-state index in [-0.39, 0.29) is 6.04 Å². The second-order valence-corrected chi connectivity index (χ2v) is 5.68. The Morgan fingerprint density at radius 1 is 1.41 bits per heavy atom. The summed E-state index contributed by atoms with van der Waals surface area (Å²) in [5, 5.41) is 3.50. The molecule has 7 heteroatoms. The van der Waals surface area contributed by atoms with Gasteiger partial charge >= 0.3 is 0 Å². The molecule has 1 aliphatic carbocycles. The first kappa shape index (κ1) is 14.9. The topological polar surface area (TPSA) is 55.9 Å². The van der Waals surface area contributed by atoms with Crippen LogP contribution in [0.25, 0.3) is 16.6 Å². The van der Waals surface area contributed by atoms with Crippen molar-refractivity contribution in [3.8, 4) is 0 Å². The number of aromatic nitrogens is 2. The highest BCUT2D eigenvalue weighted by Crippen LogP contribution is 2.40. The molecule has 0 radical (unpaired) electrons. The van der Waals surface area contributed by atoms with Gasteiger partial charge in [0, 0.05) is 37.0 Å². The molecule has 4 nitrogen and oxygen atoms in total. The summed E-state index contributed by atoms with van der Waals surface area (Å²) >= 11 is 4.27. The van der Waals surface area contributed by atoms with Gasteiger partial charge in [0.25, 0.3) is 0 Å². The van der Waals surface area contributed by atoms with Gasteiger partial charge in [0.15, 0.2) is 11.6 Å². The Balaban J connectivity index is 2.22. The molecular formula is C15H16F2N4S. The van der Waals surface area contributed by atoms with E-state index < -0.39 is 11.6 Å². The van der Waals surface area contributed by atoms with E-state index in [0.29, 0.717) is 27.5 Å². The molecule has 0 spiro atoms. The molecular weight excluding hydrogens is 306 g/mol. The monoisotopic (exact) mass is 322 g/mol. The minimum Gasteiger partial charge on any atom is -0.404 e. The van der Waals surface area contributed by atoms with Crippen LogP contribution in [0.3, 0.4) is 0 Å². The van der Waals surface area contributed by atoms with Crippen molar-refractivity contribution in [2.75, 3.05) is 7.05 Å². The van der Waals surface area contributed by atoms with Crippen LogP contribution in [0.15, 0.2) is 29.4 Å². The average molecular weight is 322 g/mol. The molecule has 1 saturated carbocycles. The molecule has 1 aliphatic rings. The zero-order valence-electron chi connectivity index (χ0n) is 12.0. The van der Waals surface area contributed by atoms with Gasteiger partial charge in [-0.15, -0.1) is 12.6 Å². The maximum Gasteiger partial charge on any atom is 0.161 e. The van der Waals surface area contributed by atoms with E-state index in [1.165, 1.54) is 12.3 Å². The van der Waals surface area contributed by atoms with E-state index in [0.717, 1.165) is 18.9 Å². The summed E-state index contributed by atoms with van der Waals surface area (Å²) in [6.07, 6.45) is 5.12. The largest absolute Gasteiger partial charge is 0.404 e. The number of rotatable bonds is 4. The predicted molar refractivity (Wildman–Crippen MR) is 86.2 cm³/mol. The van der Waals surface area contributed by atoms with Gasteiger partial charge in [-0.2, -0.15) is 0 Å². The second kappa shape index (κ2) is 5.64. The van der Waals surface area contributed by atoms with Crippen LogP contribution in [0.5, 0.6) is 0 Å². The van der Waals surface area contributed by atoms with Crippen molar-refractivity contribution in [1.82, 2.24) is 14.9 Å². The third-order valence-electron chi connectivity index (χ3n) is 3.63. The Bertz CT molecular complexity index is 790. The standard InChI is InChI=1S/C15H16F2N4S/c1-19-14(22)4-8(7-18)15-20-12-5-10(16)11(17)6-13(12)21(15)9-2-3-9/h4-7,9,19,22H,2-3,18H2,1H3/b8-7+,14-4+. The lowest BCUT2D eigenvalue weighted by Gasteiger charge is -2.09. The van der Waals surface area contributed by atoms with Crippen LogP contribution in [-0.4, -0.2) is 16.6 Å². The van der Waals surface area contributed by atoms with Crippen molar-refractivity contribution in [1.29, 1.82) is 0 Å². The average Bonchev–Trinajstić information content (AvgIpc) is 3.28. The number of hydrogen-bond donors (Lipinski definition) is 3. The van der Waals surface area contributed by atoms with Gasteiger partial charge < -0.3 is 15.6 Å². The van der Waals surface area contributed by atoms with Crippen LogP contribution >= 0.6 is 12.6 Å². The lowest BCUT2D eigenvalue weighted by molar-refractivity contribution is 0.510. The molecule has 0 amide bonds. The van der Waals surface area contributed by atoms with E-state index in [1.807, 2.05) is 4.57 Å². The molecule has 3 rings (SSSR count). The van der Waals surface area contributed by atoms with Crippen LogP contribution in [0.2, 0.25) is 0 Å². The van der Waals surface area contributed by atoms with Gasteiger partial charge in [0.05, 0.1) is 16.1 Å². The van der Waals surface area contributed by atoms with Gasteiger partial charge in [-0.05, 0) is 18.9 Å². The molecule has 0 aliphatic heterocycles. The van der Waals surface area contributed by atoms with Crippen LogP contribution in [0, 0.1) is 11.6 Å². The number of thiol groups is 1. The normalized spacial score (nSPS) is 16.4. The fourth-order valence-corrected chi connectivity index (χ4v) is 2.54. The first-order valence-corrected chi connectivity index (χ1v) is 7.37. The van der Waals surface area contributed by atoms with Crippen molar-refractivity contribution in [2.45, 2.75) is 18.9 Å². The van der Waals surface area contributed by atoms with Crippen molar-refractivity contribution in [3.63, 3.8) is 0 Å². The number of allylic oxidation sites excluding steroid dienone is 2. The van der Waals surface area contributed by atoms with Gasteiger partial charge in [0.2, 0.25) is 0 Å². The van der Waals surface area contributed by atoms with E-state index in [4.69, 9.17) is 5.73 Å². The molecule has 2 aromatic rings. The molecule has 116 valence electrons. The zero-order chi connectivity index (χ0) is 15.9. The number of hydrogen-bond acceptors (Lipinski definition) is 4. The van der Waals surface area contributed by atoms with E-state index in [1.54, 1.807) is 13.1 Å². The number of benzene rings is 1. The van der Waals surface area contributed by atoms with Gasteiger partial charge in [-0.25, -0.2) is 13.8 Å². The molecule has 1 aromatic heterocycles. The Morgan fingerprint density at radius 3 is 2.68 bits per heavy atom. The van der Waals surface area contributed by atoms with Crippen molar-refractivity contribution < 1.29 is 8.78 Å². The minimum absolute atomic E-state index is 0.242. The van der Waals surface area contributed by atoms with Gasteiger partial charge in [-0.3, -0.25) is 0 Å². The Kier molecular flexibility index (Phi) is 3.82. The van der Waals surface area contributed by atoms with Crippen molar-refractivity contribution >= 4 is 29.2 Å². The zero-order valence-corrected chi connectivity index (χ0v) is 12.9. The Hall–Kier alpha value is -2.02. The van der Waals surface area contributed by atoms with Crippen molar-refractivity contribution in [3.05, 3.63) is 46.9 Å². The summed E-state index contributed by atoms with van der Waals surface area (Å²) in [5.74, 6) is -1.19. The molecule has 22 heavy (non-hydrogen) atoms. The van der Waals surface area contributed by atoms with E-state index in [9.17, 15) is 8.78 Å². The number of nitrogens with zero attached hydrogens (tertiary/aromatic N) is 2. The third-order valence-corrected chi connectivity index (χ3v) is 3.98. The summed E-state index contributed by atoms with van der Waals surface area (Å²) in [7, 11) is 1.74. The molecule has 0 atom stereocenters. The quantitative estimate of drug-likeness (QED) is 0.599. The lowest BCUT2D eigenvalue weighted by atomic mass is 10.2. The summed E-state index contributed by atoms with van der Waals surface area (Å²) in [6, 6.07) is 2.55. The van der Waals surface area contributed by atoms with Crippen LogP contribution < -0.4 is 11.1 Å². The third kappa shape index (κ3) is 2.56. The van der Waals surface area contributed by atoms with E-state index in [2.05, 4.69) is 22.9 Å². The minimum atomic E-state index is -0.904. The molecule has 0 unspecified atom stereocenters. The summed E-state index contributed by atoms with van der Waals surface area (Å²) in [4.78, 5) is 4.44. The molecule has 1 fully saturated rings. The number of imidazole rings is 1. The molecule has 0 saturated heterocycles. The molecule has 1 aromatic carbocycles. The van der Waals surface area contributed by atoms with Crippen LogP contribution in [0.1, 0.15) is 24.7 Å². The lowest BCUT2D eigenvalue weighted by Crippen LogP contribution is -2.04. The van der Waals surface area contributed by atoms with Gasteiger partial charge in [-0.1, -0.05) is 0 Å². The highest BCUT2D eigenvalue weighted by Gasteiger charge is 2.29. The molecule has 1 heterocycles. The number of halogens is 2. The van der Waals surface area contributed by atoms with Crippen LogP contribution in [0.4, 0.5) is 8.78 Å². The highest BCUT2D eigenvalue weighted by molar-refractivity contribution is 7.84. The predicted octanol–water partition coefficient (Wildman–Crippen LogP) is 2.94. The number of nitrogens with one attached hydrogen (secondary N) is 1. The Morgan fingerprint density at radius 2 is 2.09 bits per heavy atom. The fraction of sp³-hybridized carbons (Fsp3) is 0.267. The smallest absolute Gasteiger partial charge is 0.161 e. The summed E-state index contributed by atoms with van der Waals surface area (Å²) in [6.45, 7) is 0. The molecule has 3 N–H and O–H groups in total. The number of fused-ring (bicyclic) bond motifs is 1. The summed E-state index contributed by atoms with van der Waals surface area (Å²) < 4.78 is 29.0. The number of nitrogens with two attached hydrogens (primary N) is 1.